The summed E-state index contributed by atoms with van der Waals surface area (Å²) in [4.78, 5) is 27.9. The van der Waals surface area contributed by atoms with E-state index in [1.165, 1.54) is 19.2 Å². The molecule has 2 amide bonds. The van der Waals surface area contributed by atoms with Gasteiger partial charge >= 0.3 is 0 Å². The molecule has 1 aliphatic carbocycles. The maximum Gasteiger partial charge on any atom is 0.224 e. The summed E-state index contributed by atoms with van der Waals surface area (Å²) in [7, 11) is 0. The molecular formula is C21H22ClF2N3O2. The van der Waals surface area contributed by atoms with E-state index in [0.29, 0.717) is 11.4 Å². The lowest BCUT2D eigenvalue weighted by Crippen LogP contribution is -2.35. The van der Waals surface area contributed by atoms with Gasteiger partial charge in [0.25, 0.3) is 0 Å². The van der Waals surface area contributed by atoms with Crippen molar-refractivity contribution in [2.24, 2.45) is 5.92 Å². The minimum atomic E-state index is -0.833. The second-order valence-corrected chi connectivity index (χ2v) is 7.66. The number of halogens is 3. The van der Waals surface area contributed by atoms with Crippen molar-refractivity contribution in [3.63, 3.8) is 0 Å². The van der Waals surface area contributed by atoms with Crippen LogP contribution in [0.5, 0.6) is 0 Å². The average molecular weight is 422 g/mol. The summed E-state index contributed by atoms with van der Waals surface area (Å²) in [5, 5.41) is 5.19. The van der Waals surface area contributed by atoms with Gasteiger partial charge in [0.05, 0.1) is 17.5 Å². The van der Waals surface area contributed by atoms with E-state index in [0.717, 1.165) is 31.7 Å². The molecule has 0 unspecified atom stereocenters. The molecule has 1 aromatic heterocycles. The number of benzene rings is 1. The number of nitrogens with zero attached hydrogens (tertiary/aromatic N) is 1. The first-order valence-electron chi connectivity index (χ1n) is 9.50. The van der Waals surface area contributed by atoms with Crippen LogP contribution in [0.25, 0.3) is 0 Å². The Morgan fingerprint density at radius 1 is 1.24 bits per heavy atom. The molecule has 154 valence electrons. The van der Waals surface area contributed by atoms with E-state index in [9.17, 15) is 18.4 Å². The van der Waals surface area contributed by atoms with Gasteiger partial charge in [-0.2, -0.15) is 0 Å². The Labute approximate surface area is 172 Å². The lowest BCUT2D eigenvalue weighted by atomic mass is 9.90. The number of hydrogen-bond donors (Lipinski definition) is 2. The molecule has 0 spiro atoms. The molecule has 2 aromatic rings. The van der Waals surface area contributed by atoms with Gasteiger partial charge in [0.15, 0.2) is 0 Å². The molecule has 8 heteroatoms. The van der Waals surface area contributed by atoms with Gasteiger partial charge in [0.1, 0.15) is 17.5 Å². The first kappa shape index (κ1) is 21.2. The molecule has 1 aromatic carbocycles. The molecule has 0 saturated heterocycles. The zero-order chi connectivity index (χ0) is 21.0. The van der Waals surface area contributed by atoms with Crippen LogP contribution in [0, 0.1) is 17.6 Å². The molecule has 0 aliphatic heterocycles. The summed E-state index contributed by atoms with van der Waals surface area (Å²) in [6.45, 7) is 1.36. The van der Waals surface area contributed by atoms with Crippen molar-refractivity contribution < 1.29 is 18.4 Å². The van der Waals surface area contributed by atoms with Gasteiger partial charge in [-0.05, 0) is 48.6 Å². The lowest BCUT2D eigenvalue weighted by molar-refractivity contribution is -0.121. The minimum absolute atomic E-state index is 0.0118. The van der Waals surface area contributed by atoms with Crippen LogP contribution >= 0.6 is 11.6 Å². The third-order valence-corrected chi connectivity index (χ3v) is 5.36. The van der Waals surface area contributed by atoms with E-state index in [4.69, 9.17) is 11.6 Å². The SMILES string of the molecule is CC(=O)Nc1cc(CC(=O)N[C@H](c2c(F)ccc(Cl)c2F)C2CCCC2)ccn1. The summed E-state index contributed by atoms with van der Waals surface area (Å²) in [6.07, 6.45) is 4.92. The summed E-state index contributed by atoms with van der Waals surface area (Å²) in [5.74, 6) is -1.93. The van der Waals surface area contributed by atoms with Crippen molar-refractivity contribution in [2.75, 3.05) is 5.32 Å². The van der Waals surface area contributed by atoms with Crippen LogP contribution in [-0.2, 0) is 16.0 Å². The monoisotopic (exact) mass is 421 g/mol. The second kappa shape index (κ2) is 9.31. The predicted molar refractivity (Wildman–Crippen MR) is 106 cm³/mol. The van der Waals surface area contributed by atoms with E-state index in [1.54, 1.807) is 12.1 Å². The Balaban J connectivity index is 1.81. The van der Waals surface area contributed by atoms with Crippen molar-refractivity contribution in [3.8, 4) is 0 Å². The topological polar surface area (TPSA) is 71.1 Å². The van der Waals surface area contributed by atoms with Crippen LogP contribution in [0.2, 0.25) is 5.02 Å². The fourth-order valence-electron chi connectivity index (χ4n) is 3.79. The predicted octanol–water partition coefficient (Wildman–Crippen LogP) is 4.56. The van der Waals surface area contributed by atoms with E-state index in [1.807, 2.05) is 0 Å². The number of hydrogen-bond acceptors (Lipinski definition) is 3. The van der Waals surface area contributed by atoms with Crippen molar-refractivity contribution in [1.29, 1.82) is 0 Å². The fraction of sp³-hybridized carbons (Fsp3) is 0.381. The number of carbonyl (C=O) groups is 2. The number of pyridine rings is 1. The number of rotatable bonds is 6. The highest BCUT2D eigenvalue weighted by Crippen LogP contribution is 2.39. The highest BCUT2D eigenvalue weighted by atomic mass is 35.5. The number of amides is 2. The second-order valence-electron chi connectivity index (χ2n) is 7.25. The molecule has 0 radical (unpaired) electrons. The molecule has 29 heavy (non-hydrogen) atoms. The van der Waals surface area contributed by atoms with Crippen molar-refractivity contribution in [2.45, 2.75) is 45.1 Å². The fourth-order valence-corrected chi connectivity index (χ4v) is 3.95. The van der Waals surface area contributed by atoms with E-state index in [2.05, 4.69) is 15.6 Å². The molecule has 1 aliphatic rings. The third-order valence-electron chi connectivity index (χ3n) is 5.07. The molecule has 3 rings (SSSR count). The summed E-state index contributed by atoms with van der Waals surface area (Å²) < 4.78 is 29.1. The van der Waals surface area contributed by atoms with Crippen LogP contribution in [0.3, 0.4) is 0 Å². The molecule has 1 heterocycles. The van der Waals surface area contributed by atoms with Gasteiger partial charge in [-0.3, -0.25) is 9.59 Å². The Morgan fingerprint density at radius 3 is 2.66 bits per heavy atom. The zero-order valence-electron chi connectivity index (χ0n) is 16.0. The summed E-state index contributed by atoms with van der Waals surface area (Å²) in [5.41, 5.74) is 0.435. The van der Waals surface area contributed by atoms with Gasteiger partial charge in [-0.15, -0.1) is 0 Å². The lowest BCUT2D eigenvalue weighted by Gasteiger charge is -2.26. The number of nitrogens with one attached hydrogen (secondary N) is 2. The van der Waals surface area contributed by atoms with Crippen molar-refractivity contribution in [3.05, 3.63) is 58.2 Å². The summed E-state index contributed by atoms with van der Waals surface area (Å²) in [6, 6.07) is 4.74. The minimum Gasteiger partial charge on any atom is -0.349 e. The smallest absolute Gasteiger partial charge is 0.224 e. The van der Waals surface area contributed by atoms with Crippen LogP contribution in [0.4, 0.5) is 14.6 Å². The average Bonchev–Trinajstić information content (AvgIpc) is 3.18. The Morgan fingerprint density at radius 2 is 1.97 bits per heavy atom. The van der Waals surface area contributed by atoms with Crippen molar-refractivity contribution >= 4 is 29.2 Å². The molecule has 1 fully saturated rings. The Bertz CT molecular complexity index is 917. The highest BCUT2D eigenvalue weighted by molar-refractivity contribution is 6.30. The van der Waals surface area contributed by atoms with Crippen LogP contribution in [0.1, 0.15) is 49.8 Å². The van der Waals surface area contributed by atoms with Crippen LogP contribution in [-0.4, -0.2) is 16.8 Å². The van der Waals surface area contributed by atoms with E-state index < -0.39 is 17.7 Å². The zero-order valence-corrected chi connectivity index (χ0v) is 16.7. The maximum atomic E-state index is 14.6. The first-order valence-corrected chi connectivity index (χ1v) is 9.88. The van der Waals surface area contributed by atoms with Gasteiger partial charge in [-0.25, -0.2) is 13.8 Å². The Kier molecular flexibility index (Phi) is 6.79. The van der Waals surface area contributed by atoms with Gasteiger partial charge in [0.2, 0.25) is 11.8 Å². The van der Waals surface area contributed by atoms with E-state index in [-0.39, 0.29) is 34.7 Å². The normalized spacial score (nSPS) is 15.2. The standard InChI is InChI=1S/C21H22ClF2N3O2/c1-12(28)26-17-10-13(8-9-25-17)11-18(29)27-21(14-4-2-3-5-14)19-16(23)7-6-15(22)20(19)24/h6-10,14,21H,2-5,11H2,1H3,(H,27,29)(H,25,26,28)/t21-/m0/s1. The first-order chi connectivity index (χ1) is 13.8. The molecule has 2 N–H and O–H groups in total. The quantitative estimate of drug-likeness (QED) is 0.671. The third kappa shape index (κ3) is 5.29. The molecular weight excluding hydrogens is 400 g/mol. The van der Waals surface area contributed by atoms with Gasteiger partial charge in [-0.1, -0.05) is 24.4 Å². The number of aromatic nitrogens is 1. The highest BCUT2D eigenvalue weighted by Gasteiger charge is 2.32. The molecule has 1 atom stereocenters. The number of anilines is 1. The Hall–Kier alpha value is -2.54. The van der Waals surface area contributed by atoms with Gasteiger partial charge in [0, 0.05) is 18.7 Å². The maximum absolute atomic E-state index is 14.6. The molecule has 0 bridgehead atoms. The number of carbonyl (C=O) groups excluding carboxylic acids is 2. The van der Waals surface area contributed by atoms with Crippen LogP contribution < -0.4 is 10.6 Å². The van der Waals surface area contributed by atoms with Gasteiger partial charge < -0.3 is 10.6 Å². The summed E-state index contributed by atoms with van der Waals surface area (Å²) >= 11 is 5.87. The van der Waals surface area contributed by atoms with Crippen molar-refractivity contribution in [1.82, 2.24) is 10.3 Å². The van der Waals surface area contributed by atoms with Crippen LogP contribution in [0.15, 0.2) is 30.5 Å². The largest absolute Gasteiger partial charge is 0.349 e. The molecule has 5 nitrogen and oxygen atoms in total. The molecule has 1 saturated carbocycles. The van der Waals surface area contributed by atoms with E-state index >= 15 is 0 Å².